The molecule has 0 spiro atoms. The molecule has 0 aliphatic carbocycles. The van der Waals surface area contributed by atoms with Gasteiger partial charge in [-0.05, 0) is 42.7 Å². The number of benzene rings is 1. The van der Waals surface area contributed by atoms with Crippen LogP contribution in [0.3, 0.4) is 0 Å². The Morgan fingerprint density at radius 3 is 2.63 bits per heavy atom. The van der Waals surface area contributed by atoms with Gasteiger partial charge in [0.05, 0.1) is 24.7 Å². The molecule has 2 amide bonds. The topological polar surface area (TPSA) is 105 Å². The van der Waals surface area contributed by atoms with E-state index in [0.717, 1.165) is 4.90 Å². The van der Waals surface area contributed by atoms with Crippen LogP contribution in [0.4, 0.5) is 0 Å². The van der Waals surface area contributed by atoms with Gasteiger partial charge in [-0.2, -0.15) is 5.26 Å². The molecule has 1 unspecified atom stereocenters. The minimum absolute atomic E-state index is 0.0752. The van der Waals surface area contributed by atoms with E-state index < -0.39 is 27.7 Å². The number of carbonyl (C=O) groups excluding carboxylic acids is 2. The minimum atomic E-state index is -3.30. The number of ether oxygens (including phenoxy) is 1. The molecule has 1 aromatic carbocycles. The van der Waals surface area contributed by atoms with Gasteiger partial charge in [-0.3, -0.25) is 14.5 Å². The Balaban J connectivity index is 2.09. The van der Waals surface area contributed by atoms with Crippen molar-refractivity contribution in [1.82, 2.24) is 4.90 Å². The molecule has 2 aliphatic heterocycles. The monoisotopic (exact) mass is 386 g/mol. The van der Waals surface area contributed by atoms with Crippen molar-refractivity contribution in [3.8, 4) is 11.8 Å². The maximum atomic E-state index is 13.0. The molecule has 1 fully saturated rings. The number of nitriles is 1. The molecule has 3 rings (SSSR count). The van der Waals surface area contributed by atoms with Gasteiger partial charge in [0.2, 0.25) is 0 Å². The van der Waals surface area contributed by atoms with E-state index in [1.807, 2.05) is 6.07 Å². The largest absolute Gasteiger partial charge is 0.497 e. The number of imide groups is 1. The van der Waals surface area contributed by atoms with Crippen molar-refractivity contribution in [3.05, 3.63) is 46.5 Å². The van der Waals surface area contributed by atoms with Gasteiger partial charge in [-0.25, -0.2) is 8.42 Å². The van der Waals surface area contributed by atoms with Crippen molar-refractivity contribution in [1.29, 1.82) is 5.26 Å². The second-order valence-corrected chi connectivity index (χ2v) is 8.71. The van der Waals surface area contributed by atoms with Crippen molar-refractivity contribution in [2.45, 2.75) is 19.4 Å². The highest BCUT2D eigenvalue weighted by atomic mass is 32.2. The second-order valence-electron chi connectivity index (χ2n) is 6.48. The van der Waals surface area contributed by atoms with Crippen LogP contribution < -0.4 is 4.74 Å². The van der Waals surface area contributed by atoms with E-state index in [-0.39, 0.29) is 34.6 Å². The maximum Gasteiger partial charge on any atom is 0.271 e. The normalized spacial score (nSPS) is 23.7. The molecular weight excluding hydrogens is 368 g/mol. The van der Waals surface area contributed by atoms with E-state index in [2.05, 4.69) is 0 Å². The first kappa shape index (κ1) is 18.9. The fraction of sp³-hybridized carbons (Fsp3) is 0.316. The highest BCUT2D eigenvalue weighted by Gasteiger charge is 2.43. The first-order valence-corrected chi connectivity index (χ1v) is 10.1. The van der Waals surface area contributed by atoms with Gasteiger partial charge >= 0.3 is 0 Å². The average molecular weight is 386 g/mol. The zero-order valence-electron chi connectivity index (χ0n) is 14.9. The van der Waals surface area contributed by atoms with Gasteiger partial charge in [-0.15, -0.1) is 0 Å². The molecule has 0 bridgehead atoms. The number of nitrogens with zero attached hydrogens (tertiary/aromatic N) is 2. The SMILES string of the molecule is COc1cccc(C=C2C(=O)N(C3CCS(=O)(=O)C3)C(=O)C(C#N)=C2C)c1. The number of methoxy groups -OCH3 is 1. The van der Waals surface area contributed by atoms with Crippen LogP contribution in [0.5, 0.6) is 5.75 Å². The van der Waals surface area contributed by atoms with E-state index in [9.17, 15) is 23.3 Å². The smallest absolute Gasteiger partial charge is 0.271 e. The minimum Gasteiger partial charge on any atom is -0.497 e. The van der Waals surface area contributed by atoms with Gasteiger partial charge in [-0.1, -0.05) is 12.1 Å². The molecule has 0 saturated carbocycles. The molecule has 0 N–H and O–H groups in total. The number of carbonyl (C=O) groups is 2. The molecule has 1 saturated heterocycles. The molecule has 1 aromatic rings. The standard InChI is InChI=1S/C19H18N2O5S/c1-12-16(9-13-4-3-5-15(8-13)26-2)18(22)21(19(23)17(12)10-20)14-6-7-27(24,25)11-14/h3-5,8-9,14H,6-7,11H2,1-2H3. The van der Waals surface area contributed by atoms with Gasteiger partial charge in [0.15, 0.2) is 9.84 Å². The molecule has 7 nitrogen and oxygen atoms in total. The fourth-order valence-electron chi connectivity index (χ4n) is 3.31. The van der Waals surface area contributed by atoms with Crippen LogP contribution in [0.15, 0.2) is 41.0 Å². The van der Waals surface area contributed by atoms with Crippen molar-refractivity contribution in [2.75, 3.05) is 18.6 Å². The Morgan fingerprint density at radius 1 is 1.30 bits per heavy atom. The van der Waals surface area contributed by atoms with Crippen LogP contribution in [0.2, 0.25) is 0 Å². The quantitative estimate of drug-likeness (QED) is 0.576. The first-order valence-electron chi connectivity index (χ1n) is 8.33. The summed E-state index contributed by atoms with van der Waals surface area (Å²) in [6, 6.07) is 8.11. The lowest BCUT2D eigenvalue weighted by atomic mass is 9.92. The van der Waals surface area contributed by atoms with Gasteiger partial charge in [0, 0.05) is 5.57 Å². The van der Waals surface area contributed by atoms with Gasteiger partial charge in [0.25, 0.3) is 11.8 Å². The Bertz CT molecular complexity index is 1030. The maximum absolute atomic E-state index is 13.0. The molecule has 0 radical (unpaired) electrons. The van der Waals surface area contributed by atoms with E-state index in [0.29, 0.717) is 11.3 Å². The average Bonchev–Trinajstić information content (AvgIpc) is 2.99. The summed E-state index contributed by atoms with van der Waals surface area (Å²) >= 11 is 0. The molecule has 2 aliphatic rings. The summed E-state index contributed by atoms with van der Waals surface area (Å²) in [7, 11) is -1.77. The van der Waals surface area contributed by atoms with Crippen LogP contribution in [0.1, 0.15) is 18.9 Å². The molecule has 140 valence electrons. The van der Waals surface area contributed by atoms with Crippen molar-refractivity contribution in [2.24, 2.45) is 0 Å². The van der Waals surface area contributed by atoms with Crippen LogP contribution in [-0.4, -0.2) is 49.8 Å². The number of hydrogen-bond donors (Lipinski definition) is 0. The summed E-state index contributed by atoms with van der Waals surface area (Å²) in [6.45, 7) is 1.54. The lowest BCUT2D eigenvalue weighted by Gasteiger charge is -2.31. The molecule has 8 heteroatoms. The number of sulfone groups is 1. The molecule has 2 heterocycles. The predicted octanol–water partition coefficient (Wildman–Crippen LogP) is 1.47. The Labute approximate surface area is 157 Å². The zero-order valence-corrected chi connectivity index (χ0v) is 15.7. The third kappa shape index (κ3) is 3.51. The van der Waals surface area contributed by atoms with Crippen LogP contribution in [0, 0.1) is 11.3 Å². The van der Waals surface area contributed by atoms with Crippen molar-refractivity contribution >= 4 is 27.7 Å². The summed E-state index contributed by atoms with van der Waals surface area (Å²) < 4.78 is 28.8. The van der Waals surface area contributed by atoms with Crippen LogP contribution in [0.25, 0.3) is 6.08 Å². The Kier molecular flexibility index (Phi) is 4.89. The lowest BCUT2D eigenvalue weighted by molar-refractivity contribution is -0.142. The van der Waals surface area contributed by atoms with E-state index in [1.165, 1.54) is 7.11 Å². The molecule has 1 atom stereocenters. The third-order valence-corrected chi connectivity index (χ3v) is 6.50. The van der Waals surface area contributed by atoms with E-state index in [1.54, 1.807) is 37.3 Å². The van der Waals surface area contributed by atoms with Gasteiger partial charge in [0.1, 0.15) is 17.4 Å². The predicted molar refractivity (Wildman–Crippen MR) is 98.2 cm³/mol. The Hall–Kier alpha value is -2.92. The second kappa shape index (κ2) is 7.00. The van der Waals surface area contributed by atoms with Gasteiger partial charge < -0.3 is 4.74 Å². The molecule has 0 aromatic heterocycles. The van der Waals surface area contributed by atoms with Crippen LogP contribution in [-0.2, 0) is 19.4 Å². The molecule has 27 heavy (non-hydrogen) atoms. The van der Waals surface area contributed by atoms with Crippen molar-refractivity contribution in [3.63, 3.8) is 0 Å². The third-order valence-electron chi connectivity index (χ3n) is 4.75. The fourth-order valence-corrected chi connectivity index (χ4v) is 5.01. The zero-order chi connectivity index (χ0) is 19.8. The summed E-state index contributed by atoms with van der Waals surface area (Å²) in [5.74, 6) is -1.06. The number of amides is 2. The van der Waals surface area contributed by atoms with Crippen LogP contribution >= 0.6 is 0 Å². The number of rotatable bonds is 3. The highest BCUT2D eigenvalue weighted by Crippen LogP contribution is 2.31. The summed E-state index contributed by atoms with van der Waals surface area (Å²) in [5, 5.41) is 9.42. The van der Waals surface area contributed by atoms with E-state index in [4.69, 9.17) is 4.74 Å². The van der Waals surface area contributed by atoms with E-state index >= 15 is 0 Å². The number of hydrogen-bond acceptors (Lipinski definition) is 6. The summed E-state index contributed by atoms with van der Waals surface area (Å²) in [4.78, 5) is 26.6. The molecular formula is C19H18N2O5S. The summed E-state index contributed by atoms with van der Waals surface area (Å²) in [6.07, 6.45) is 1.77. The first-order chi connectivity index (χ1) is 12.8. The van der Waals surface area contributed by atoms with Crippen molar-refractivity contribution < 1.29 is 22.7 Å². The lowest BCUT2D eigenvalue weighted by Crippen LogP contribution is -2.49. The highest BCUT2D eigenvalue weighted by molar-refractivity contribution is 7.91. The Morgan fingerprint density at radius 2 is 2.04 bits per heavy atom. The summed E-state index contributed by atoms with van der Waals surface area (Å²) in [5.41, 5.74) is 1.01.